The summed E-state index contributed by atoms with van der Waals surface area (Å²) < 4.78 is 49.7. The molecule has 5 rings (SSSR count). The van der Waals surface area contributed by atoms with Gasteiger partial charge in [-0.15, -0.1) is 0 Å². The van der Waals surface area contributed by atoms with Gasteiger partial charge >= 0.3 is 6.18 Å². The van der Waals surface area contributed by atoms with Crippen molar-refractivity contribution in [3.05, 3.63) is 53.6 Å². The fraction of sp³-hybridized carbons (Fsp3) is 0.417. The van der Waals surface area contributed by atoms with Crippen LogP contribution in [0.3, 0.4) is 0 Å². The van der Waals surface area contributed by atoms with Crippen LogP contribution < -0.4 is 14.4 Å². The molecule has 2 aromatic carbocycles. The maximum Gasteiger partial charge on any atom is 0.416 e. The standard InChI is InChI=1S/C24H23F3N2O4/c25-24(26,27)17-3-1-15(2-4-17)13-29(18-5-6-18)23(31)16-11-22(30)28(14-16)19-7-8-20-21(12-19)33-10-9-32-20/h1-4,7-8,12,16,18H,5-6,9-11,13-14H2. The van der Waals surface area contributed by atoms with Crippen molar-refractivity contribution in [3.63, 3.8) is 0 Å². The van der Waals surface area contributed by atoms with Crippen molar-refractivity contribution in [3.8, 4) is 11.5 Å². The topological polar surface area (TPSA) is 59.1 Å². The quantitative estimate of drug-likeness (QED) is 0.677. The molecule has 1 atom stereocenters. The van der Waals surface area contributed by atoms with Crippen molar-refractivity contribution in [1.82, 2.24) is 4.90 Å². The highest BCUT2D eigenvalue weighted by atomic mass is 19.4. The van der Waals surface area contributed by atoms with Gasteiger partial charge in [0.15, 0.2) is 11.5 Å². The van der Waals surface area contributed by atoms with Gasteiger partial charge in [0.25, 0.3) is 0 Å². The summed E-state index contributed by atoms with van der Waals surface area (Å²) in [7, 11) is 0. The molecule has 33 heavy (non-hydrogen) atoms. The van der Waals surface area contributed by atoms with E-state index in [0.717, 1.165) is 25.0 Å². The summed E-state index contributed by atoms with van der Waals surface area (Å²) >= 11 is 0. The number of alkyl halides is 3. The van der Waals surface area contributed by atoms with Crippen molar-refractivity contribution < 1.29 is 32.2 Å². The molecule has 1 saturated carbocycles. The van der Waals surface area contributed by atoms with E-state index in [-0.39, 0.29) is 37.4 Å². The molecule has 2 aromatic rings. The summed E-state index contributed by atoms with van der Waals surface area (Å²) in [5.74, 6) is 0.422. The molecule has 3 aliphatic rings. The molecule has 1 aliphatic carbocycles. The van der Waals surface area contributed by atoms with E-state index in [1.54, 1.807) is 28.0 Å². The second kappa shape index (κ2) is 8.28. The number of anilines is 1. The zero-order chi connectivity index (χ0) is 23.2. The second-order valence-corrected chi connectivity index (χ2v) is 8.63. The number of hydrogen-bond acceptors (Lipinski definition) is 4. The minimum Gasteiger partial charge on any atom is -0.486 e. The van der Waals surface area contributed by atoms with Gasteiger partial charge in [0.1, 0.15) is 13.2 Å². The van der Waals surface area contributed by atoms with Gasteiger partial charge in [-0.2, -0.15) is 13.2 Å². The van der Waals surface area contributed by atoms with Crippen molar-refractivity contribution >= 4 is 17.5 Å². The Morgan fingerprint density at radius 3 is 2.39 bits per heavy atom. The first-order valence-corrected chi connectivity index (χ1v) is 11.0. The number of ether oxygens (including phenoxy) is 2. The van der Waals surface area contributed by atoms with E-state index >= 15 is 0 Å². The second-order valence-electron chi connectivity index (χ2n) is 8.63. The van der Waals surface area contributed by atoms with Crippen LogP contribution in [0.2, 0.25) is 0 Å². The molecule has 0 N–H and O–H groups in total. The zero-order valence-electron chi connectivity index (χ0n) is 17.8. The number of rotatable bonds is 5. The number of halogens is 3. The molecule has 2 fully saturated rings. The smallest absolute Gasteiger partial charge is 0.416 e. The third kappa shape index (κ3) is 4.49. The van der Waals surface area contributed by atoms with Crippen LogP contribution in [-0.2, 0) is 22.3 Å². The Kier molecular flexibility index (Phi) is 5.42. The highest BCUT2D eigenvalue weighted by Gasteiger charge is 2.41. The predicted molar refractivity (Wildman–Crippen MR) is 113 cm³/mol. The average molecular weight is 460 g/mol. The molecular weight excluding hydrogens is 437 g/mol. The molecular formula is C24H23F3N2O4. The van der Waals surface area contributed by atoms with Gasteiger partial charge in [-0.1, -0.05) is 12.1 Å². The molecule has 0 spiro atoms. The van der Waals surface area contributed by atoms with E-state index in [9.17, 15) is 22.8 Å². The third-order valence-electron chi connectivity index (χ3n) is 6.22. The lowest BCUT2D eigenvalue weighted by Gasteiger charge is -2.26. The number of benzene rings is 2. The molecule has 0 radical (unpaired) electrons. The normalized spacial score (nSPS) is 20.2. The lowest BCUT2D eigenvalue weighted by atomic mass is 10.1. The number of hydrogen-bond donors (Lipinski definition) is 0. The van der Waals surface area contributed by atoms with Crippen LogP contribution in [0.25, 0.3) is 0 Å². The maximum absolute atomic E-state index is 13.3. The summed E-state index contributed by atoms with van der Waals surface area (Å²) in [4.78, 5) is 29.4. The number of carbonyl (C=O) groups is 2. The number of carbonyl (C=O) groups excluding carboxylic acids is 2. The van der Waals surface area contributed by atoms with Crippen LogP contribution >= 0.6 is 0 Å². The Balaban J connectivity index is 1.29. The predicted octanol–water partition coefficient (Wildman–Crippen LogP) is 4.02. The Labute approximate surface area is 188 Å². The average Bonchev–Trinajstić information content (AvgIpc) is 3.57. The molecule has 2 amide bonds. The van der Waals surface area contributed by atoms with E-state index in [1.165, 1.54) is 12.1 Å². The SMILES string of the molecule is O=C1CC(C(=O)N(Cc2ccc(C(F)(F)F)cc2)C2CC2)CN1c1ccc2c(c1)OCCO2. The molecule has 6 nitrogen and oxygen atoms in total. The van der Waals surface area contributed by atoms with Crippen LogP contribution in [-0.4, -0.2) is 42.5 Å². The summed E-state index contributed by atoms with van der Waals surface area (Å²) in [6.07, 6.45) is -2.58. The number of nitrogens with zero attached hydrogens (tertiary/aromatic N) is 2. The first-order chi connectivity index (χ1) is 15.8. The minimum atomic E-state index is -4.40. The van der Waals surface area contributed by atoms with Gasteiger partial charge in [-0.05, 0) is 42.7 Å². The molecule has 2 heterocycles. The highest BCUT2D eigenvalue weighted by Crippen LogP contribution is 2.37. The maximum atomic E-state index is 13.3. The largest absolute Gasteiger partial charge is 0.486 e. The Bertz CT molecular complexity index is 1070. The van der Waals surface area contributed by atoms with E-state index in [1.807, 2.05) is 0 Å². The Morgan fingerprint density at radius 1 is 1.03 bits per heavy atom. The summed E-state index contributed by atoms with van der Waals surface area (Å²) in [6.45, 7) is 1.40. The van der Waals surface area contributed by atoms with E-state index in [4.69, 9.17) is 9.47 Å². The lowest BCUT2D eigenvalue weighted by molar-refractivity contribution is -0.138. The molecule has 0 aromatic heterocycles. The van der Waals surface area contributed by atoms with Crippen molar-refractivity contribution in [2.24, 2.45) is 5.92 Å². The molecule has 1 unspecified atom stereocenters. The molecule has 174 valence electrons. The van der Waals surface area contributed by atoms with Crippen LogP contribution in [0, 0.1) is 5.92 Å². The van der Waals surface area contributed by atoms with Gasteiger partial charge in [-0.3, -0.25) is 9.59 Å². The third-order valence-corrected chi connectivity index (χ3v) is 6.22. The highest BCUT2D eigenvalue weighted by molar-refractivity contribution is 6.00. The summed E-state index contributed by atoms with van der Waals surface area (Å²) in [6, 6.07) is 10.2. The van der Waals surface area contributed by atoms with Crippen molar-refractivity contribution in [2.75, 3.05) is 24.7 Å². The first kappa shape index (κ1) is 21.6. The zero-order valence-corrected chi connectivity index (χ0v) is 17.8. The van der Waals surface area contributed by atoms with E-state index in [0.29, 0.717) is 36.0 Å². The number of fused-ring (bicyclic) bond motifs is 1. The number of amides is 2. The fourth-order valence-corrected chi connectivity index (χ4v) is 4.33. The van der Waals surface area contributed by atoms with Gasteiger partial charge in [-0.25, -0.2) is 0 Å². The fourth-order valence-electron chi connectivity index (χ4n) is 4.33. The van der Waals surface area contributed by atoms with Gasteiger partial charge in [0.2, 0.25) is 11.8 Å². The molecule has 0 bridgehead atoms. The van der Waals surface area contributed by atoms with Crippen molar-refractivity contribution in [2.45, 2.75) is 38.0 Å². The Hall–Kier alpha value is -3.23. The summed E-state index contributed by atoms with van der Waals surface area (Å²) in [5, 5.41) is 0. The lowest BCUT2D eigenvalue weighted by Crippen LogP contribution is -2.38. The van der Waals surface area contributed by atoms with Crippen LogP contribution in [0.4, 0.5) is 18.9 Å². The van der Waals surface area contributed by atoms with Crippen LogP contribution in [0.15, 0.2) is 42.5 Å². The van der Waals surface area contributed by atoms with E-state index in [2.05, 4.69) is 0 Å². The van der Waals surface area contributed by atoms with E-state index < -0.39 is 17.7 Å². The van der Waals surface area contributed by atoms with Gasteiger partial charge in [0.05, 0.1) is 11.5 Å². The molecule has 1 saturated heterocycles. The van der Waals surface area contributed by atoms with Crippen LogP contribution in [0.5, 0.6) is 11.5 Å². The van der Waals surface area contributed by atoms with Crippen molar-refractivity contribution in [1.29, 1.82) is 0 Å². The summed E-state index contributed by atoms with van der Waals surface area (Å²) in [5.41, 5.74) is 0.573. The Morgan fingerprint density at radius 2 is 1.73 bits per heavy atom. The monoisotopic (exact) mass is 460 g/mol. The molecule has 2 aliphatic heterocycles. The first-order valence-electron chi connectivity index (χ1n) is 11.0. The minimum absolute atomic E-state index is 0.0678. The van der Waals surface area contributed by atoms with Crippen LogP contribution in [0.1, 0.15) is 30.4 Å². The van der Waals surface area contributed by atoms with Gasteiger partial charge in [0, 0.05) is 37.3 Å². The van der Waals surface area contributed by atoms with Gasteiger partial charge < -0.3 is 19.3 Å². The molecule has 9 heteroatoms.